The van der Waals surface area contributed by atoms with E-state index in [0.29, 0.717) is 12.0 Å². The van der Waals surface area contributed by atoms with Crippen molar-refractivity contribution in [3.63, 3.8) is 0 Å². The molecular formula is C26H34N2O. The predicted molar refractivity (Wildman–Crippen MR) is 119 cm³/mol. The molecule has 1 amide bonds. The fraction of sp³-hybridized carbons (Fsp3) is 0.500. The number of fused-ring (bicyclic) bond motifs is 1. The molecule has 1 saturated carbocycles. The van der Waals surface area contributed by atoms with Crippen LogP contribution in [0.15, 0.2) is 54.6 Å². The summed E-state index contributed by atoms with van der Waals surface area (Å²) < 4.78 is 0. The van der Waals surface area contributed by atoms with Crippen molar-refractivity contribution in [1.29, 1.82) is 0 Å². The molecular weight excluding hydrogens is 356 g/mol. The van der Waals surface area contributed by atoms with Crippen molar-refractivity contribution in [3.05, 3.63) is 71.3 Å². The molecule has 1 N–H and O–H groups in total. The predicted octanol–water partition coefficient (Wildman–Crippen LogP) is 5.58. The van der Waals surface area contributed by atoms with E-state index in [2.05, 4.69) is 73.5 Å². The van der Waals surface area contributed by atoms with Crippen LogP contribution >= 0.6 is 0 Å². The highest BCUT2D eigenvalue weighted by molar-refractivity contribution is 5.99. The Balaban J connectivity index is 1.54. The van der Waals surface area contributed by atoms with Crippen molar-refractivity contribution in [2.75, 3.05) is 0 Å². The molecule has 1 fully saturated rings. The van der Waals surface area contributed by atoms with Crippen molar-refractivity contribution in [3.8, 4) is 0 Å². The molecule has 29 heavy (non-hydrogen) atoms. The van der Waals surface area contributed by atoms with Crippen LogP contribution < -0.4 is 5.32 Å². The molecule has 2 aromatic carbocycles. The van der Waals surface area contributed by atoms with E-state index in [1.54, 1.807) is 0 Å². The normalized spacial score (nSPS) is 27.7. The Bertz CT molecular complexity index is 834. The van der Waals surface area contributed by atoms with Crippen molar-refractivity contribution in [2.24, 2.45) is 11.8 Å². The molecule has 4 rings (SSSR count). The van der Waals surface area contributed by atoms with Crippen LogP contribution in [-0.4, -0.2) is 22.9 Å². The highest BCUT2D eigenvalue weighted by Gasteiger charge is 2.41. The zero-order valence-corrected chi connectivity index (χ0v) is 18.0. The lowest BCUT2D eigenvalue weighted by molar-refractivity contribution is 0.0529. The van der Waals surface area contributed by atoms with Gasteiger partial charge in [-0.1, -0.05) is 75.2 Å². The number of amides is 1. The summed E-state index contributed by atoms with van der Waals surface area (Å²) in [6.07, 6.45) is 5.74. The molecule has 3 nitrogen and oxygen atoms in total. The van der Waals surface area contributed by atoms with Gasteiger partial charge in [-0.3, -0.25) is 10.1 Å². The molecule has 1 heterocycles. The van der Waals surface area contributed by atoms with Crippen molar-refractivity contribution < 1.29 is 4.79 Å². The topological polar surface area (TPSA) is 32.3 Å². The van der Waals surface area contributed by atoms with Crippen LogP contribution in [0.1, 0.15) is 74.1 Å². The van der Waals surface area contributed by atoms with Crippen molar-refractivity contribution in [1.82, 2.24) is 10.2 Å². The summed E-state index contributed by atoms with van der Waals surface area (Å²) in [6, 6.07) is 19.4. The molecule has 2 aliphatic rings. The van der Waals surface area contributed by atoms with Gasteiger partial charge in [0.25, 0.3) is 5.91 Å². The molecule has 0 bridgehead atoms. The van der Waals surface area contributed by atoms with Gasteiger partial charge in [0.2, 0.25) is 0 Å². The summed E-state index contributed by atoms with van der Waals surface area (Å²) in [5.74, 6) is 1.54. The number of nitrogens with zero attached hydrogens (tertiary/aromatic N) is 1. The van der Waals surface area contributed by atoms with E-state index in [0.717, 1.165) is 29.9 Å². The number of nitrogens with one attached hydrogen (secondary N) is 1. The van der Waals surface area contributed by atoms with E-state index in [1.165, 1.54) is 24.8 Å². The quantitative estimate of drug-likeness (QED) is 0.699. The lowest BCUT2D eigenvalue weighted by Crippen LogP contribution is -2.49. The van der Waals surface area contributed by atoms with Crippen molar-refractivity contribution >= 4 is 5.91 Å². The van der Waals surface area contributed by atoms with E-state index in [-0.39, 0.29) is 18.1 Å². The summed E-state index contributed by atoms with van der Waals surface area (Å²) >= 11 is 0. The Morgan fingerprint density at radius 1 is 1.03 bits per heavy atom. The van der Waals surface area contributed by atoms with Gasteiger partial charge < -0.3 is 4.90 Å². The highest BCUT2D eigenvalue weighted by Crippen LogP contribution is 2.37. The third-order valence-electron chi connectivity index (χ3n) is 7.25. The van der Waals surface area contributed by atoms with Crippen molar-refractivity contribution in [2.45, 2.75) is 71.1 Å². The van der Waals surface area contributed by atoms with Crippen LogP contribution in [0.5, 0.6) is 0 Å². The average Bonchev–Trinajstić information content (AvgIpc) is 3.02. The number of rotatable bonds is 6. The number of hydrogen-bond donors (Lipinski definition) is 1. The van der Waals surface area contributed by atoms with Gasteiger partial charge in [0.05, 0.1) is 0 Å². The number of benzene rings is 2. The average molecular weight is 391 g/mol. The van der Waals surface area contributed by atoms with Crippen LogP contribution in [0.2, 0.25) is 0 Å². The van der Waals surface area contributed by atoms with Gasteiger partial charge in [-0.25, -0.2) is 0 Å². The minimum absolute atomic E-state index is 0.0118. The third-order valence-corrected chi connectivity index (χ3v) is 7.25. The zero-order valence-electron chi connectivity index (χ0n) is 18.0. The molecule has 1 aliphatic heterocycles. The molecule has 3 heteroatoms. The second kappa shape index (κ2) is 8.71. The number of carbonyl (C=O) groups is 1. The summed E-state index contributed by atoms with van der Waals surface area (Å²) in [5.41, 5.74) is 3.35. The molecule has 0 unspecified atom stereocenters. The monoisotopic (exact) mass is 390 g/mol. The molecule has 0 aromatic heterocycles. The van der Waals surface area contributed by atoms with E-state index in [1.807, 2.05) is 12.1 Å². The molecule has 0 radical (unpaired) electrons. The fourth-order valence-electron chi connectivity index (χ4n) is 5.14. The first-order valence-corrected chi connectivity index (χ1v) is 11.3. The minimum atomic E-state index is -0.0118. The summed E-state index contributed by atoms with van der Waals surface area (Å²) in [5, 5.41) is 3.92. The Morgan fingerprint density at radius 2 is 1.76 bits per heavy atom. The van der Waals surface area contributed by atoms with Gasteiger partial charge in [-0.2, -0.15) is 0 Å². The molecule has 5 atom stereocenters. The molecule has 1 aliphatic carbocycles. The second-order valence-corrected chi connectivity index (χ2v) is 9.12. The maximum atomic E-state index is 13.3. The third kappa shape index (κ3) is 4.11. The van der Waals surface area contributed by atoms with Crippen LogP contribution in [0.4, 0.5) is 0 Å². The highest BCUT2D eigenvalue weighted by atomic mass is 16.2. The molecule has 2 aromatic rings. The van der Waals surface area contributed by atoms with E-state index >= 15 is 0 Å². The zero-order chi connectivity index (χ0) is 20.4. The minimum Gasteiger partial charge on any atom is -0.316 e. The first-order valence-electron chi connectivity index (χ1n) is 11.3. The summed E-state index contributed by atoms with van der Waals surface area (Å²) in [4.78, 5) is 15.4. The summed E-state index contributed by atoms with van der Waals surface area (Å²) in [7, 11) is 0. The number of carbonyl (C=O) groups excluding carboxylic acids is 1. The van der Waals surface area contributed by atoms with Crippen LogP contribution in [0.3, 0.4) is 0 Å². The summed E-state index contributed by atoms with van der Waals surface area (Å²) in [6.45, 7) is 6.94. The number of aryl methyl sites for hydroxylation is 1. The van der Waals surface area contributed by atoms with Crippen LogP contribution in [0, 0.1) is 11.8 Å². The van der Waals surface area contributed by atoms with Gasteiger partial charge >= 0.3 is 0 Å². The Hall–Kier alpha value is -2.13. The largest absolute Gasteiger partial charge is 0.316 e. The van der Waals surface area contributed by atoms with Crippen LogP contribution in [0.25, 0.3) is 0 Å². The van der Waals surface area contributed by atoms with Gasteiger partial charge in [0, 0.05) is 23.2 Å². The van der Waals surface area contributed by atoms with Gasteiger partial charge in [-0.15, -0.1) is 0 Å². The fourth-order valence-corrected chi connectivity index (χ4v) is 5.14. The van der Waals surface area contributed by atoms with E-state index < -0.39 is 0 Å². The molecule has 0 spiro atoms. The first kappa shape index (κ1) is 20.2. The lowest BCUT2D eigenvalue weighted by atomic mass is 9.78. The lowest BCUT2D eigenvalue weighted by Gasteiger charge is -2.40. The first-order chi connectivity index (χ1) is 14.1. The second-order valence-electron chi connectivity index (χ2n) is 9.12. The maximum absolute atomic E-state index is 13.3. The SMILES string of the molecule is C[C@@H]1[C@H](C)CCC[C@@H]1N[C@@H]1c2ccccc2C(=O)N1[C@H](C)CCc1ccccc1. The van der Waals surface area contributed by atoms with Crippen LogP contribution in [-0.2, 0) is 6.42 Å². The Labute approximate surface area is 175 Å². The standard InChI is InChI=1S/C26H34N2O/c1-18-10-9-15-24(20(18)3)27-25-22-13-7-8-14-23(22)26(29)28(25)19(2)16-17-21-11-5-4-6-12-21/h4-8,11-14,18-20,24-25,27H,9-10,15-17H2,1-3H3/t18-,19-,20-,24+,25+/m1/s1. The maximum Gasteiger partial charge on any atom is 0.256 e. The molecule has 0 saturated heterocycles. The van der Waals surface area contributed by atoms with Gasteiger partial charge in [0.15, 0.2) is 0 Å². The number of hydrogen-bond acceptors (Lipinski definition) is 2. The van der Waals surface area contributed by atoms with Gasteiger partial charge in [-0.05, 0) is 49.7 Å². The Kier molecular flexibility index (Phi) is 6.05. The van der Waals surface area contributed by atoms with Gasteiger partial charge in [0.1, 0.15) is 6.17 Å². The van der Waals surface area contributed by atoms with E-state index in [9.17, 15) is 4.79 Å². The molecule has 154 valence electrons. The smallest absolute Gasteiger partial charge is 0.256 e. The van der Waals surface area contributed by atoms with E-state index in [4.69, 9.17) is 0 Å². The Morgan fingerprint density at radius 3 is 2.55 bits per heavy atom.